The van der Waals surface area contributed by atoms with Crippen LogP contribution in [0.2, 0.25) is 0 Å². The Morgan fingerprint density at radius 3 is 2.20 bits per heavy atom. The molecule has 0 unspecified atom stereocenters. The zero-order valence-electron chi connectivity index (χ0n) is 19.7. The van der Waals surface area contributed by atoms with Crippen molar-refractivity contribution in [3.63, 3.8) is 0 Å². The number of aromatic nitrogens is 3. The van der Waals surface area contributed by atoms with Crippen molar-refractivity contribution >= 4 is 17.5 Å². The number of hydrogen-bond donors (Lipinski definition) is 0. The lowest BCUT2D eigenvalue weighted by atomic mass is 10.1. The van der Waals surface area contributed by atoms with Crippen molar-refractivity contribution in [1.29, 1.82) is 0 Å². The Balaban J connectivity index is 1.78. The van der Waals surface area contributed by atoms with Crippen molar-refractivity contribution in [2.24, 2.45) is 0 Å². The van der Waals surface area contributed by atoms with Gasteiger partial charge in [-0.3, -0.25) is 9.36 Å². The molecule has 3 aromatic carbocycles. The summed E-state index contributed by atoms with van der Waals surface area (Å²) in [5.41, 5.74) is 2.51. The van der Waals surface area contributed by atoms with Gasteiger partial charge in [-0.2, -0.15) is 0 Å². The van der Waals surface area contributed by atoms with E-state index in [9.17, 15) is 9.18 Å². The van der Waals surface area contributed by atoms with E-state index in [2.05, 4.69) is 10.2 Å². The van der Waals surface area contributed by atoms with Gasteiger partial charge in [-0.1, -0.05) is 53.7 Å². The smallest absolute Gasteiger partial charge is 0.203 e. The molecule has 4 aromatic rings. The Kier molecular flexibility index (Phi) is 7.36. The number of thioether (sulfide) groups is 1. The van der Waals surface area contributed by atoms with Gasteiger partial charge in [0.15, 0.2) is 28.3 Å². The molecule has 180 valence electrons. The first-order chi connectivity index (χ1) is 17.0. The number of hydrogen-bond acceptors (Lipinski definition) is 7. The third-order valence-corrected chi connectivity index (χ3v) is 6.28. The molecule has 0 saturated carbocycles. The number of Topliss-reactive ketones (excluding diaryl/α,β-unsaturated/α-hetero) is 1. The van der Waals surface area contributed by atoms with E-state index < -0.39 is 5.82 Å². The zero-order chi connectivity index (χ0) is 24.9. The average Bonchev–Trinajstić information content (AvgIpc) is 3.30. The van der Waals surface area contributed by atoms with Crippen LogP contribution in [0, 0.1) is 12.7 Å². The lowest BCUT2D eigenvalue weighted by Gasteiger charge is -2.15. The van der Waals surface area contributed by atoms with Crippen LogP contribution in [-0.4, -0.2) is 47.6 Å². The lowest BCUT2D eigenvalue weighted by molar-refractivity contribution is 0.102. The molecule has 4 rings (SSSR count). The van der Waals surface area contributed by atoms with Gasteiger partial charge in [-0.25, -0.2) is 4.39 Å². The number of benzene rings is 3. The van der Waals surface area contributed by atoms with Crippen LogP contribution >= 0.6 is 11.8 Å². The molecule has 0 N–H and O–H groups in total. The molecular formula is C26H24FN3O4S. The second-order valence-electron chi connectivity index (χ2n) is 7.58. The molecule has 0 atom stereocenters. The molecular weight excluding hydrogens is 469 g/mol. The second-order valence-corrected chi connectivity index (χ2v) is 8.53. The van der Waals surface area contributed by atoms with Crippen LogP contribution in [0.5, 0.6) is 17.2 Å². The first-order valence-electron chi connectivity index (χ1n) is 10.7. The predicted molar refractivity (Wildman–Crippen MR) is 133 cm³/mol. The molecule has 0 saturated heterocycles. The molecule has 0 aliphatic carbocycles. The molecule has 0 aliphatic rings. The first kappa shape index (κ1) is 24.3. The maximum atomic E-state index is 14.9. The highest BCUT2D eigenvalue weighted by Crippen LogP contribution is 2.42. The van der Waals surface area contributed by atoms with E-state index in [0.29, 0.717) is 39.4 Å². The molecule has 1 aromatic heterocycles. The average molecular weight is 494 g/mol. The molecule has 0 bridgehead atoms. The van der Waals surface area contributed by atoms with Crippen LogP contribution < -0.4 is 14.2 Å². The van der Waals surface area contributed by atoms with Crippen molar-refractivity contribution < 1.29 is 23.4 Å². The highest BCUT2D eigenvalue weighted by molar-refractivity contribution is 7.99. The Morgan fingerprint density at radius 2 is 1.60 bits per heavy atom. The van der Waals surface area contributed by atoms with E-state index in [-0.39, 0.29) is 17.2 Å². The maximum Gasteiger partial charge on any atom is 0.203 e. The standard InChI is InChI=1S/C26H24FN3O4S/c1-16-9-11-17(12-10-16)21(31)15-35-26-29-28-25(30(26)20-8-6-5-7-19(20)27)18-13-22(32-2)24(34-4)23(14-18)33-3/h5-14H,15H2,1-4H3. The van der Waals surface area contributed by atoms with Gasteiger partial charge in [0.2, 0.25) is 5.75 Å². The number of ketones is 1. The number of carbonyl (C=O) groups excluding carboxylic acids is 1. The van der Waals surface area contributed by atoms with Crippen LogP contribution in [0.1, 0.15) is 15.9 Å². The summed E-state index contributed by atoms with van der Waals surface area (Å²) in [6, 6.07) is 17.1. The van der Waals surface area contributed by atoms with E-state index in [1.807, 2.05) is 19.1 Å². The third kappa shape index (κ3) is 5.00. The summed E-state index contributed by atoms with van der Waals surface area (Å²) in [6.45, 7) is 1.96. The minimum Gasteiger partial charge on any atom is -0.493 e. The van der Waals surface area contributed by atoms with Crippen molar-refractivity contribution in [1.82, 2.24) is 14.8 Å². The summed E-state index contributed by atoms with van der Waals surface area (Å²) in [5.74, 6) is 1.24. The van der Waals surface area contributed by atoms with E-state index in [0.717, 1.165) is 5.56 Å². The van der Waals surface area contributed by atoms with Crippen LogP contribution in [-0.2, 0) is 0 Å². The fourth-order valence-corrected chi connectivity index (χ4v) is 4.40. The molecule has 0 aliphatic heterocycles. The van der Waals surface area contributed by atoms with Crippen molar-refractivity contribution in [2.75, 3.05) is 27.1 Å². The number of rotatable bonds is 9. The third-order valence-electron chi connectivity index (χ3n) is 5.36. The highest BCUT2D eigenvalue weighted by atomic mass is 32.2. The van der Waals surface area contributed by atoms with Crippen molar-refractivity contribution in [3.05, 3.63) is 77.6 Å². The summed E-state index contributed by atoms with van der Waals surface area (Å²) in [5, 5.41) is 9.00. The number of nitrogens with zero attached hydrogens (tertiary/aromatic N) is 3. The summed E-state index contributed by atoms with van der Waals surface area (Å²) >= 11 is 1.19. The number of para-hydroxylation sites is 1. The molecule has 9 heteroatoms. The normalized spacial score (nSPS) is 10.8. The largest absolute Gasteiger partial charge is 0.493 e. The quantitative estimate of drug-likeness (QED) is 0.229. The summed E-state index contributed by atoms with van der Waals surface area (Å²) < 4.78 is 32.8. The molecule has 0 radical (unpaired) electrons. The van der Waals surface area contributed by atoms with E-state index in [1.54, 1.807) is 47.0 Å². The number of aryl methyl sites for hydroxylation is 1. The Bertz CT molecular complexity index is 1330. The SMILES string of the molecule is COc1cc(-c2nnc(SCC(=O)c3ccc(C)cc3)n2-c2ccccc2F)cc(OC)c1OC. The molecule has 0 fully saturated rings. The number of methoxy groups -OCH3 is 3. The predicted octanol–water partition coefficient (Wildman–Crippen LogP) is 5.38. The Hall–Kier alpha value is -3.85. The minimum atomic E-state index is -0.451. The van der Waals surface area contributed by atoms with E-state index >= 15 is 0 Å². The van der Waals surface area contributed by atoms with Gasteiger partial charge in [0.05, 0.1) is 32.8 Å². The Labute approximate surface area is 206 Å². The van der Waals surface area contributed by atoms with Crippen LogP contribution in [0.15, 0.2) is 65.8 Å². The summed E-state index contributed by atoms with van der Waals surface area (Å²) in [6.07, 6.45) is 0. The first-order valence-corrected chi connectivity index (χ1v) is 11.7. The maximum absolute atomic E-state index is 14.9. The molecule has 35 heavy (non-hydrogen) atoms. The van der Waals surface area contributed by atoms with Crippen LogP contribution in [0.25, 0.3) is 17.1 Å². The van der Waals surface area contributed by atoms with E-state index in [4.69, 9.17) is 14.2 Å². The van der Waals surface area contributed by atoms with Gasteiger partial charge in [-0.15, -0.1) is 10.2 Å². The minimum absolute atomic E-state index is 0.0626. The Morgan fingerprint density at radius 1 is 0.943 bits per heavy atom. The van der Waals surface area contributed by atoms with Gasteiger partial charge >= 0.3 is 0 Å². The second kappa shape index (κ2) is 10.6. The molecule has 0 amide bonds. The molecule has 1 heterocycles. The monoisotopic (exact) mass is 493 g/mol. The lowest BCUT2D eigenvalue weighted by Crippen LogP contribution is -2.06. The van der Waals surface area contributed by atoms with Crippen LogP contribution in [0.3, 0.4) is 0 Å². The zero-order valence-corrected chi connectivity index (χ0v) is 20.6. The number of ether oxygens (including phenoxy) is 3. The topological polar surface area (TPSA) is 75.5 Å². The van der Waals surface area contributed by atoms with Gasteiger partial charge in [-0.05, 0) is 31.2 Å². The fraction of sp³-hybridized carbons (Fsp3) is 0.192. The molecule has 0 spiro atoms. The molecule has 7 nitrogen and oxygen atoms in total. The van der Waals surface area contributed by atoms with Gasteiger partial charge in [0, 0.05) is 11.1 Å². The van der Waals surface area contributed by atoms with Gasteiger partial charge in [0.1, 0.15) is 5.82 Å². The summed E-state index contributed by atoms with van der Waals surface area (Å²) in [4.78, 5) is 12.8. The summed E-state index contributed by atoms with van der Waals surface area (Å²) in [7, 11) is 4.54. The highest BCUT2D eigenvalue weighted by Gasteiger charge is 2.23. The van der Waals surface area contributed by atoms with Gasteiger partial charge < -0.3 is 14.2 Å². The van der Waals surface area contributed by atoms with Crippen molar-refractivity contribution in [3.8, 4) is 34.3 Å². The van der Waals surface area contributed by atoms with Gasteiger partial charge in [0.25, 0.3) is 0 Å². The van der Waals surface area contributed by atoms with Crippen LogP contribution in [0.4, 0.5) is 4.39 Å². The van der Waals surface area contributed by atoms with E-state index in [1.165, 1.54) is 39.2 Å². The number of halogens is 1. The number of carbonyl (C=O) groups is 1. The fourth-order valence-electron chi connectivity index (χ4n) is 3.56. The van der Waals surface area contributed by atoms with Crippen molar-refractivity contribution in [2.45, 2.75) is 12.1 Å².